The van der Waals surface area contributed by atoms with Crippen LogP contribution in [0.4, 0.5) is 11.4 Å². The van der Waals surface area contributed by atoms with Gasteiger partial charge in [-0.05, 0) is 49.4 Å². The first-order chi connectivity index (χ1) is 15.6. The number of halogens is 1. The average molecular weight is 459 g/mol. The number of anilines is 2. The molecule has 170 valence electrons. The maximum Gasteiger partial charge on any atom is 0.313 e. The van der Waals surface area contributed by atoms with Crippen LogP contribution in [-0.4, -0.2) is 69.2 Å². The van der Waals surface area contributed by atoms with Gasteiger partial charge in [0.15, 0.2) is 11.5 Å². The summed E-state index contributed by atoms with van der Waals surface area (Å²) in [5, 5.41) is 6.03. The fraction of sp³-hybridized carbons (Fsp3) is 0.391. The Morgan fingerprint density at radius 3 is 2.38 bits per heavy atom. The second-order valence-corrected chi connectivity index (χ2v) is 8.16. The molecule has 0 bridgehead atoms. The molecule has 1 saturated heterocycles. The topological polar surface area (TPSA) is 83.1 Å². The van der Waals surface area contributed by atoms with Gasteiger partial charge in [-0.3, -0.25) is 14.5 Å². The van der Waals surface area contributed by atoms with Gasteiger partial charge in [-0.25, -0.2) is 0 Å². The van der Waals surface area contributed by atoms with Crippen molar-refractivity contribution in [3.8, 4) is 11.5 Å². The Balaban J connectivity index is 1.13. The van der Waals surface area contributed by atoms with Gasteiger partial charge in [-0.15, -0.1) is 0 Å². The number of piperazine rings is 1. The van der Waals surface area contributed by atoms with E-state index in [1.165, 1.54) is 5.69 Å². The van der Waals surface area contributed by atoms with Crippen LogP contribution in [-0.2, 0) is 9.59 Å². The molecule has 2 aromatic rings. The van der Waals surface area contributed by atoms with Crippen molar-refractivity contribution < 1.29 is 19.1 Å². The third kappa shape index (κ3) is 5.83. The predicted octanol–water partition coefficient (Wildman–Crippen LogP) is 2.38. The fourth-order valence-corrected chi connectivity index (χ4v) is 3.90. The first kappa shape index (κ1) is 22.2. The van der Waals surface area contributed by atoms with Gasteiger partial charge < -0.3 is 25.0 Å². The van der Waals surface area contributed by atoms with Crippen molar-refractivity contribution in [3.63, 3.8) is 0 Å². The normalized spacial score (nSPS) is 15.8. The minimum absolute atomic E-state index is 0.449. The van der Waals surface area contributed by atoms with Crippen molar-refractivity contribution in [2.75, 3.05) is 62.7 Å². The Kier molecular flexibility index (Phi) is 7.34. The van der Waals surface area contributed by atoms with Crippen LogP contribution in [0.5, 0.6) is 11.5 Å². The van der Waals surface area contributed by atoms with Crippen molar-refractivity contribution in [1.82, 2.24) is 10.2 Å². The first-order valence-corrected chi connectivity index (χ1v) is 11.2. The van der Waals surface area contributed by atoms with Gasteiger partial charge in [0.2, 0.25) is 0 Å². The molecule has 9 heteroatoms. The van der Waals surface area contributed by atoms with Crippen LogP contribution in [0, 0.1) is 0 Å². The van der Waals surface area contributed by atoms with Crippen molar-refractivity contribution >= 4 is 34.8 Å². The number of ether oxygens (including phenoxy) is 2. The lowest BCUT2D eigenvalue weighted by Gasteiger charge is -2.36. The molecular formula is C23H27ClN4O4. The number of hydrogen-bond donors (Lipinski definition) is 2. The number of hydrogen-bond acceptors (Lipinski definition) is 6. The third-order valence-electron chi connectivity index (χ3n) is 5.51. The lowest BCUT2D eigenvalue weighted by atomic mass is 10.2. The largest absolute Gasteiger partial charge is 0.486 e. The lowest BCUT2D eigenvalue weighted by Crippen LogP contribution is -2.47. The van der Waals surface area contributed by atoms with Crippen LogP contribution >= 0.6 is 11.6 Å². The highest BCUT2D eigenvalue weighted by atomic mass is 35.5. The van der Waals surface area contributed by atoms with Gasteiger partial charge in [0.05, 0.1) is 0 Å². The van der Waals surface area contributed by atoms with Crippen LogP contribution in [0.2, 0.25) is 5.02 Å². The van der Waals surface area contributed by atoms with Crippen LogP contribution < -0.4 is 25.0 Å². The lowest BCUT2D eigenvalue weighted by molar-refractivity contribution is -0.136. The molecule has 2 aromatic carbocycles. The standard InChI is InChI=1S/C23H27ClN4O4/c24-17-2-5-19(6-3-17)28-12-10-27(11-13-28)9-1-8-25-22(29)23(30)26-18-4-7-20-21(16-18)32-15-14-31-20/h2-7,16H,1,8-15H2,(H,25,29)(H,26,30). The highest BCUT2D eigenvalue weighted by Crippen LogP contribution is 2.32. The van der Waals surface area contributed by atoms with E-state index < -0.39 is 11.8 Å². The monoisotopic (exact) mass is 458 g/mol. The summed E-state index contributed by atoms with van der Waals surface area (Å²) in [6.07, 6.45) is 0.782. The number of amides is 2. The van der Waals surface area contributed by atoms with E-state index in [1.807, 2.05) is 24.3 Å². The van der Waals surface area contributed by atoms with Gasteiger partial charge in [0.1, 0.15) is 13.2 Å². The Bertz CT molecular complexity index is 946. The predicted molar refractivity (Wildman–Crippen MR) is 124 cm³/mol. The number of carbonyl (C=O) groups is 2. The minimum Gasteiger partial charge on any atom is -0.486 e. The van der Waals surface area contributed by atoms with E-state index in [0.717, 1.165) is 44.2 Å². The molecule has 0 radical (unpaired) electrons. The van der Waals surface area contributed by atoms with E-state index in [9.17, 15) is 9.59 Å². The molecule has 2 heterocycles. The molecule has 4 rings (SSSR count). The van der Waals surface area contributed by atoms with E-state index in [-0.39, 0.29) is 0 Å². The van der Waals surface area contributed by atoms with E-state index in [4.69, 9.17) is 21.1 Å². The molecule has 0 atom stereocenters. The van der Waals surface area contributed by atoms with Crippen LogP contribution in [0.3, 0.4) is 0 Å². The van der Waals surface area contributed by atoms with Crippen LogP contribution in [0.25, 0.3) is 0 Å². The summed E-state index contributed by atoms with van der Waals surface area (Å²) in [5.41, 5.74) is 1.68. The summed E-state index contributed by atoms with van der Waals surface area (Å²) >= 11 is 5.96. The molecule has 0 unspecified atom stereocenters. The Morgan fingerprint density at radius 1 is 0.906 bits per heavy atom. The van der Waals surface area contributed by atoms with Gasteiger partial charge in [0.25, 0.3) is 0 Å². The maximum absolute atomic E-state index is 12.1. The van der Waals surface area contributed by atoms with Gasteiger partial charge in [-0.1, -0.05) is 11.6 Å². The van der Waals surface area contributed by atoms with Gasteiger partial charge in [0, 0.05) is 55.2 Å². The number of fused-ring (bicyclic) bond motifs is 1. The zero-order valence-corrected chi connectivity index (χ0v) is 18.6. The molecule has 0 aliphatic carbocycles. The summed E-state index contributed by atoms with van der Waals surface area (Å²) < 4.78 is 10.9. The second-order valence-electron chi connectivity index (χ2n) is 7.73. The Morgan fingerprint density at radius 2 is 1.62 bits per heavy atom. The summed E-state index contributed by atoms with van der Waals surface area (Å²) in [6.45, 7) is 6.10. The quantitative estimate of drug-likeness (QED) is 0.511. The number of benzene rings is 2. The number of rotatable bonds is 6. The molecule has 2 N–H and O–H groups in total. The van der Waals surface area contributed by atoms with E-state index in [1.54, 1.807) is 18.2 Å². The van der Waals surface area contributed by atoms with E-state index >= 15 is 0 Å². The zero-order valence-electron chi connectivity index (χ0n) is 17.8. The number of carbonyl (C=O) groups excluding carboxylic acids is 2. The molecule has 1 fully saturated rings. The van der Waals surface area contributed by atoms with Crippen molar-refractivity contribution in [3.05, 3.63) is 47.5 Å². The smallest absolute Gasteiger partial charge is 0.313 e. The first-order valence-electron chi connectivity index (χ1n) is 10.8. The Labute approximate surface area is 192 Å². The fourth-order valence-electron chi connectivity index (χ4n) is 3.78. The molecular weight excluding hydrogens is 432 g/mol. The zero-order chi connectivity index (χ0) is 22.3. The molecule has 0 saturated carbocycles. The van der Waals surface area contributed by atoms with Crippen molar-refractivity contribution in [2.45, 2.75) is 6.42 Å². The van der Waals surface area contributed by atoms with Crippen LogP contribution in [0.1, 0.15) is 6.42 Å². The van der Waals surface area contributed by atoms with Crippen molar-refractivity contribution in [1.29, 1.82) is 0 Å². The second kappa shape index (κ2) is 10.6. The summed E-state index contributed by atoms with van der Waals surface area (Å²) in [7, 11) is 0. The van der Waals surface area contributed by atoms with Gasteiger partial charge >= 0.3 is 11.8 Å². The van der Waals surface area contributed by atoms with Crippen LogP contribution in [0.15, 0.2) is 42.5 Å². The molecule has 0 aromatic heterocycles. The molecule has 32 heavy (non-hydrogen) atoms. The highest BCUT2D eigenvalue weighted by Gasteiger charge is 2.18. The maximum atomic E-state index is 12.1. The molecule has 2 amide bonds. The molecule has 2 aliphatic rings. The summed E-state index contributed by atoms with van der Waals surface area (Å²) in [5.74, 6) is -0.149. The van der Waals surface area contributed by atoms with E-state index in [2.05, 4.69) is 20.4 Å². The summed E-state index contributed by atoms with van der Waals surface area (Å²) in [6, 6.07) is 13.0. The highest BCUT2D eigenvalue weighted by molar-refractivity contribution is 6.39. The molecule has 0 spiro atoms. The SMILES string of the molecule is O=C(NCCCN1CCN(c2ccc(Cl)cc2)CC1)C(=O)Nc1ccc2c(c1)OCCO2. The third-order valence-corrected chi connectivity index (χ3v) is 5.76. The molecule has 2 aliphatic heterocycles. The number of nitrogens with one attached hydrogen (secondary N) is 2. The van der Waals surface area contributed by atoms with E-state index in [0.29, 0.717) is 36.9 Å². The Hall–Kier alpha value is -2.97. The van der Waals surface area contributed by atoms with Gasteiger partial charge in [-0.2, -0.15) is 0 Å². The minimum atomic E-state index is -0.696. The molecule has 8 nitrogen and oxygen atoms in total. The summed E-state index contributed by atoms with van der Waals surface area (Å²) in [4.78, 5) is 29.0. The number of nitrogens with zero attached hydrogens (tertiary/aromatic N) is 2. The average Bonchev–Trinajstić information content (AvgIpc) is 2.82. The van der Waals surface area contributed by atoms with Crippen molar-refractivity contribution in [2.24, 2.45) is 0 Å².